The Morgan fingerprint density at radius 3 is 2.43 bits per heavy atom. The molecule has 14 heavy (non-hydrogen) atoms. The van der Waals surface area contributed by atoms with E-state index in [9.17, 15) is 18.0 Å². The monoisotopic (exact) mass is 204 g/mol. The molecule has 1 rings (SSSR count). The van der Waals surface area contributed by atoms with Gasteiger partial charge in [-0.15, -0.1) is 0 Å². The lowest BCUT2D eigenvalue weighted by atomic mass is 10.1. The first kappa shape index (κ1) is 10.5. The summed E-state index contributed by atoms with van der Waals surface area (Å²) in [5.41, 5.74) is 3.20. The summed E-state index contributed by atoms with van der Waals surface area (Å²) in [5.74, 6) is -1.12. The number of hydrogen-bond acceptors (Lipinski definition) is 2. The number of amides is 1. The maximum absolute atomic E-state index is 12.4. The van der Waals surface area contributed by atoms with Crippen LogP contribution in [0.25, 0.3) is 0 Å². The van der Waals surface area contributed by atoms with E-state index in [1.807, 2.05) is 0 Å². The fourth-order valence-corrected chi connectivity index (χ4v) is 1.11. The molecule has 0 saturated heterocycles. The zero-order valence-electron chi connectivity index (χ0n) is 7.22. The SMILES string of the molecule is Cc1nccc(C(F)(F)F)c1C(N)=O. The van der Waals surface area contributed by atoms with Gasteiger partial charge in [0, 0.05) is 6.20 Å². The van der Waals surface area contributed by atoms with Gasteiger partial charge in [-0.3, -0.25) is 9.78 Å². The Morgan fingerprint density at radius 2 is 2.07 bits per heavy atom. The summed E-state index contributed by atoms with van der Waals surface area (Å²) in [6.07, 6.45) is -3.59. The minimum Gasteiger partial charge on any atom is -0.366 e. The summed E-state index contributed by atoms with van der Waals surface area (Å²) >= 11 is 0. The highest BCUT2D eigenvalue weighted by atomic mass is 19.4. The molecule has 0 atom stereocenters. The maximum Gasteiger partial charge on any atom is 0.417 e. The summed E-state index contributed by atoms with van der Waals surface area (Å²) in [4.78, 5) is 14.3. The topological polar surface area (TPSA) is 56.0 Å². The summed E-state index contributed by atoms with van der Waals surface area (Å²) in [6, 6.07) is 0.729. The molecule has 1 amide bonds. The third-order valence-electron chi connectivity index (χ3n) is 1.69. The van der Waals surface area contributed by atoms with Gasteiger partial charge in [-0.1, -0.05) is 0 Å². The van der Waals surface area contributed by atoms with Crippen LogP contribution in [0.15, 0.2) is 12.3 Å². The van der Waals surface area contributed by atoms with E-state index in [4.69, 9.17) is 5.73 Å². The smallest absolute Gasteiger partial charge is 0.366 e. The second kappa shape index (κ2) is 3.28. The summed E-state index contributed by atoms with van der Waals surface area (Å²) in [5, 5.41) is 0. The lowest BCUT2D eigenvalue weighted by molar-refractivity contribution is -0.138. The van der Waals surface area contributed by atoms with Crippen LogP contribution in [0.1, 0.15) is 21.6 Å². The maximum atomic E-state index is 12.4. The average Bonchev–Trinajstić information content (AvgIpc) is 2.01. The number of halogens is 3. The Bertz CT molecular complexity index is 373. The third-order valence-corrected chi connectivity index (χ3v) is 1.69. The number of pyridine rings is 1. The first-order valence-electron chi connectivity index (χ1n) is 3.66. The first-order chi connectivity index (χ1) is 6.34. The molecule has 1 aromatic heterocycles. The van der Waals surface area contributed by atoms with Gasteiger partial charge in [0.2, 0.25) is 0 Å². The molecule has 0 bridgehead atoms. The van der Waals surface area contributed by atoms with Gasteiger partial charge in [-0.25, -0.2) is 0 Å². The van der Waals surface area contributed by atoms with Crippen molar-refractivity contribution in [2.45, 2.75) is 13.1 Å². The molecule has 0 aromatic carbocycles. The minimum absolute atomic E-state index is 0.0210. The van der Waals surface area contributed by atoms with Gasteiger partial charge in [0.1, 0.15) is 0 Å². The van der Waals surface area contributed by atoms with Crippen LogP contribution < -0.4 is 5.73 Å². The van der Waals surface area contributed by atoms with Crippen molar-refractivity contribution in [2.75, 3.05) is 0 Å². The van der Waals surface area contributed by atoms with Crippen LogP contribution in [0.4, 0.5) is 13.2 Å². The molecule has 0 unspecified atom stereocenters. The van der Waals surface area contributed by atoms with Gasteiger partial charge in [0.15, 0.2) is 0 Å². The number of rotatable bonds is 1. The van der Waals surface area contributed by atoms with Crippen molar-refractivity contribution >= 4 is 5.91 Å². The van der Waals surface area contributed by atoms with Crippen LogP contribution in [0.5, 0.6) is 0 Å². The Hall–Kier alpha value is -1.59. The molecule has 3 nitrogen and oxygen atoms in total. The predicted octanol–water partition coefficient (Wildman–Crippen LogP) is 1.51. The van der Waals surface area contributed by atoms with Crippen LogP contribution in [0.2, 0.25) is 0 Å². The molecule has 76 valence electrons. The Morgan fingerprint density at radius 1 is 1.50 bits per heavy atom. The second-order valence-corrected chi connectivity index (χ2v) is 2.68. The summed E-state index contributed by atoms with van der Waals surface area (Å²) < 4.78 is 37.1. The average molecular weight is 204 g/mol. The number of primary amides is 1. The number of nitrogens with two attached hydrogens (primary N) is 1. The molecule has 0 radical (unpaired) electrons. The van der Waals surface area contributed by atoms with Crippen molar-refractivity contribution in [1.29, 1.82) is 0 Å². The van der Waals surface area contributed by atoms with E-state index >= 15 is 0 Å². The van der Waals surface area contributed by atoms with Crippen molar-refractivity contribution in [3.8, 4) is 0 Å². The number of aromatic nitrogens is 1. The lowest BCUT2D eigenvalue weighted by Gasteiger charge is -2.11. The number of hydrogen-bond donors (Lipinski definition) is 1. The zero-order chi connectivity index (χ0) is 10.9. The van der Waals surface area contributed by atoms with Crippen LogP contribution in [-0.4, -0.2) is 10.9 Å². The van der Waals surface area contributed by atoms with Gasteiger partial charge < -0.3 is 5.73 Å². The van der Waals surface area contributed by atoms with E-state index in [0.29, 0.717) is 0 Å². The molecular weight excluding hydrogens is 197 g/mol. The highest BCUT2D eigenvalue weighted by molar-refractivity contribution is 5.95. The highest BCUT2D eigenvalue weighted by Gasteiger charge is 2.35. The van der Waals surface area contributed by atoms with Crippen LogP contribution in [0.3, 0.4) is 0 Å². The Labute approximate surface area is 77.7 Å². The predicted molar refractivity (Wildman–Crippen MR) is 42.5 cm³/mol. The first-order valence-corrected chi connectivity index (χ1v) is 3.66. The van der Waals surface area contributed by atoms with Crippen LogP contribution in [0, 0.1) is 6.92 Å². The van der Waals surface area contributed by atoms with Crippen molar-refractivity contribution in [1.82, 2.24) is 4.98 Å². The third kappa shape index (κ3) is 1.84. The molecule has 0 fully saturated rings. The van der Waals surface area contributed by atoms with Gasteiger partial charge in [-0.2, -0.15) is 13.2 Å². The standard InChI is InChI=1S/C8H7F3N2O/c1-4-6(7(12)14)5(2-3-13-4)8(9,10)11/h2-3H,1H3,(H2,12,14). The number of carbonyl (C=O) groups excluding carboxylic acids is 1. The number of nitrogens with zero attached hydrogens (tertiary/aromatic N) is 1. The molecule has 0 saturated carbocycles. The lowest BCUT2D eigenvalue weighted by Crippen LogP contribution is -2.20. The quantitative estimate of drug-likeness (QED) is 0.753. The van der Waals surface area contributed by atoms with Gasteiger partial charge >= 0.3 is 6.18 Å². The van der Waals surface area contributed by atoms with E-state index in [1.165, 1.54) is 6.92 Å². The Kier molecular flexibility index (Phi) is 2.46. The molecule has 2 N–H and O–H groups in total. The van der Waals surface area contributed by atoms with Crippen molar-refractivity contribution < 1.29 is 18.0 Å². The van der Waals surface area contributed by atoms with E-state index in [-0.39, 0.29) is 5.69 Å². The molecule has 0 aliphatic rings. The van der Waals surface area contributed by atoms with E-state index in [2.05, 4.69) is 4.98 Å². The molecule has 1 heterocycles. The van der Waals surface area contributed by atoms with Gasteiger partial charge in [0.05, 0.1) is 16.8 Å². The zero-order valence-corrected chi connectivity index (χ0v) is 7.22. The van der Waals surface area contributed by atoms with Crippen LogP contribution in [-0.2, 0) is 6.18 Å². The fourth-order valence-electron chi connectivity index (χ4n) is 1.11. The second-order valence-electron chi connectivity index (χ2n) is 2.68. The molecule has 6 heteroatoms. The minimum atomic E-state index is -4.59. The Balaban J connectivity index is 3.44. The van der Waals surface area contributed by atoms with Gasteiger partial charge in [-0.05, 0) is 13.0 Å². The van der Waals surface area contributed by atoms with E-state index in [1.54, 1.807) is 0 Å². The fraction of sp³-hybridized carbons (Fsp3) is 0.250. The molecular formula is C8H7F3N2O. The number of alkyl halides is 3. The highest BCUT2D eigenvalue weighted by Crippen LogP contribution is 2.32. The normalized spacial score (nSPS) is 11.4. The molecule has 0 aliphatic carbocycles. The summed E-state index contributed by atoms with van der Waals surface area (Å²) in [6.45, 7) is 1.30. The van der Waals surface area contributed by atoms with Crippen molar-refractivity contribution in [3.63, 3.8) is 0 Å². The van der Waals surface area contributed by atoms with E-state index in [0.717, 1.165) is 12.3 Å². The largest absolute Gasteiger partial charge is 0.417 e. The van der Waals surface area contributed by atoms with Gasteiger partial charge in [0.25, 0.3) is 5.91 Å². The molecule has 1 aromatic rings. The molecule has 0 aliphatic heterocycles. The number of carbonyl (C=O) groups is 1. The van der Waals surface area contributed by atoms with Crippen molar-refractivity contribution in [3.05, 3.63) is 29.1 Å². The van der Waals surface area contributed by atoms with Crippen molar-refractivity contribution in [2.24, 2.45) is 5.73 Å². The number of aryl methyl sites for hydroxylation is 1. The summed E-state index contributed by atoms with van der Waals surface area (Å²) in [7, 11) is 0. The van der Waals surface area contributed by atoms with E-state index < -0.39 is 23.2 Å². The molecule has 0 spiro atoms. The van der Waals surface area contributed by atoms with Crippen LogP contribution >= 0.6 is 0 Å².